The van der Waals surface area contributed by atoms with Gasteiger partial charge < -0.3 is 16.8 Å². The van der Waals surface area contributed by atoms with Crippen LogP contribution < -0.4 is 16.8 Å². The first-order chi connectivity index (χ1) is 11.9. The molecule has 6 nitrogen and oxygen atoms in total. The molecule has 1 aromatic carbocycles. The Balaban J connectivity index is 1.79. The zero-order chi connectivity index (χ0) is 17.8. The Hall–Kier alpha value is -2.41. The number of nitrogens with zero attached hydrogens (tertiary/aromatic N) is 2. The topological polar surface area (TPSA) is 99.0 Å². The van der Waals surface area contributed by atoms with Gasteiger partial charge in [0.25, 0.3) is 5.91 Å². The van der Waals surface area contributed by atoms with E-state index in [4.69, 9.17) is 11.5 Å². The van der Waals surface area contributed by atoms with E-state index in [-0.39, 0.29) is 17.8 Å². The molecule has 132 valence electrons. The normalized spacial score (nSPS) is 25.0. The Morgan fingerprint density at radius 1 is 1.48 bits per heavy atom. The molecule has 0 saturated carbocycles. The highest BCUT2D eigenvalue weighted by molar-refractivity contribution is 5.94. The summed E-state index contributed by atoms with van der Waals surface area (Å²) < 4.78 is 15.5. The van der Waals surface area contributed by atoms with Gasteiger partial charge in [0.1, 0.15) is 11.6 Å². The van der Waals surface area contributed by atoms with Crippen molar-refractivity contribution in [2.75, 3.05) is 17.6 Å². The van der Waals surface area contributed by atoms with E-state index in [2.05, 4.69) is 10.4 Å². The molecule has 4 rings (SSSR count). The predicted molar refractivity (Wildman–Crippen MR) is 94.1 cm³/mol. The van der Waals surface area contributed by atoms with Gasteiger partial charge in [-0.3, -0.25) is 4.79 Å². The van der Waals surface area contributed by atoms with E-state index in [1.807, 2.05) is 6.92 Å². The van der Waals surface area contributed by atoms with E-state index >= 15 is 0 Å². The van der Waals surface area contributed by atoms with Crippen molar-refractivity contribution in [2.45, 2.75) is 44.1 Å². The van der Waals surface area contributed by atoms with E-state index < -0.39 is 5.41 Å². The Morgan fingerprint density at radius 3 is 3.08 bits per heavy atom. The standard InChI is InChI=1S/C18H22FN5O/c1-18(7-8-22-15-12(18)3-2-4-13(15)19)17(25)24-16(21)11-6-5-10(20)9-14(11)23-24/h2-4,10,22H,5-9,20-21H2,1H3. The molecule has 0 bridgehead atoms. The minimum atomic E-state index is -0.881. The van der Waals surface area contributed by atoms with Gasteiger partial charge in [-0.05, 0) is 37.8 Å². The Kier molecular flexibility index (Phi) is 3.57. The zero-order valence-electron chi connectivity index (χ0n) is 14.2. The van der Waals surface area contributed by atoms with Crippen molar-refractivity contribution in [3.8, 4) is 0 Å². The van der Waals surface area contributed by atoms with Crippen LogP contribution in [0.25, 0.3) is 0 Å². The summed E-state index contributed by atoms with van der Waals surface area (Å²) >= 11 is 0. The van der Waals surface area contributed by atoms with E-state index in [0.29, 0.717) is 36.5 Å². The van der Waals surface area contributed by atoms with Crippen LogP contribution >= 0.6 is 0 Å². The molecule has 0 spiro atoms. The minimum absolute atomic E-state index is 0.0506. The SMILES string of the molecule is CC1(C(=O)n2nc3c(c2N)CCC(N)C3)CCNc2c(F)cccc21. The molecule has 2 atom stereocenters. The number of aromatic nitrogens is 2. The predicted octanol–water partition coefficient (Wildman–Crippen LogP) is 1.83. The smallest absolute Gasteiger partial charge is 0.259 e. The third-order valence-corrected chi connectivity index (χ3v) is 5.53. The molecule has 2 aromatic rings. The molecule has 1 aliphatic carbocycles. The molecule has 0 amide bonds. The zero-order valence-corrected chi connectivity index (χ0v) is 14.2. The maximum atomic E-state index is 14.2. The highest BCUT2D eigenvalue weighted by Crippen LogP contribution is 2.40. The van der Waals surface area contributed by atoms with Crippen LogP contribution in [-0.2, 0) is 18.3 Å². The number of nitrogens with one attached hydrogen (secondary N) is 1. The van der Waals surface area contributed by atoms with Crippen LogP contribution in [0.15, 0.2) is 18.2 Å². The average Bonchev–Trinajstić information content (AvgIpc) is 2.91. The van der Waals surface area contributed by atoms with E-state index in [0.717, 1.165) is 24.1 Å². The van der Waals surface area contributed by atoms with Gasteiger partial charge in [0.05, 0.1) is 16.8 Å². The maximum Gasteiger partial charge on any atom is 0.259 e. The van der Waals surface area contributed by atoms with Crippen molar-refractivity contribution >= 4 is 17.4 Å². The fourth-order valence-corrected chi connectivity index (χ4v) is 3.97. The highest BCUT2D eigenvalue weighted by Gasteiger charge is 2.42. The minimum Gasteiger partial charge on any atom is -0.383 e. The van der Waals surface area contributed by atoms with Gasteiger partial charge in [-0.2, -0.15) is 9.78 Å². The molecule has 2 unspecified atom stereocenters. The third kappa shape index (κ3) is 2.33. The lowest BCUT2D eigenvalue weighted by Crippen LogP contribution is -2.42. The van der Waals surface area contributed by atoms with Gasteiger partial charge in [-0.1, -0.05) is 12.1 Å². The number of fused-ring (bicyclic) bond motifs is 2. The summed E-state index contributed by atoms with van der Waals surface area (Å²) in [5.41, 5.74) is 14.1. The lowest BCUT2D eigenvalue weighted by molar-refractivity contribution is 0.0785. The summed E-state index contributed by atoms with van der Waals surface area (Å²) in [6, 6.07) is 4.86. The number of para-hydroxylation sites is 1. The number of halogens is 1. The lowest BCUT2D eigenvalue weighted by Gasteiger charge is -2.35. The number of carbonyl (C=O) groups is 1. The Morgan fingerprint density at radius 2 is 2.28 bits per heavy atom. The molecule has 0 fully saturated rings. The third-order valence-electron chi connectivity index (χ3n) is 5.53. The summed E-state index contributed by atoms with van der Waals surface area (Å²) in [5, 5.41) is 7.52. The average molecular weight is 343 g/mol. The number of benzene rings is 1. The first-order valence-electron chi connectivity index (χ1n) is 8.61. The van der Waals surface area contributed by atoms with Crippen LogP contribution in [0.2, 0.25) is 0 Å². The molecule has 7 heteroatoms. The molecule has 2 heterocycles. The van der Waals surface area contributed by atoms with E-state index in [1.54, 1.807) is 12.1 Å². The van der Waals surface area contributed by atoms with Crippen LogP contribution in [0.3, 0.4) is 0 Å². The van der Waals surface area contributed by atoms with Crippen LogP contribution in [-0.4, -0.2) is 28.3 Å². The highest BCUT2D eigenvalue weighted by atomic mass is 19.1. The number of nitrogens with two attached hydrogens (primary N) is 2. The van der Waals surface area contributed by atoms with E-state index in [9.17, 15) is 9.18 Å². The molecule has 0 saturated heterocycles. The molecular weight excluding hydrogens is 321 g/mol. The van der Waals surface area contributed by atoms with Crippen LogP contribution in [0.1, 0.15) is 41.4 Å². The van der Waals surface area contributed by atoms with Gasteiger partial charge in [-0.15, -0.1) is 0 Å². The molecule has 1 aliphatic heterocycles. The monoisotopic (exact) mass is 343 g/mol. The number of anilines is 2. The van der Waals surface area contributed by atoms with Gasteiger partial charge in [0.2, 0.25) is 0 Å². The summed E-state index contributed by atoms with van der Waals surface area (Å²) in [6.45, 7) is 2.35. The van der Waals surface area contributed by atoms with Crippen LogP contribution in [0.4, 0.5) is 15.9 Å². The van der Waals surface area contributed by atoms with Gasteiger partial charge in [0, 0.05) is 24.6 Å². The number of carbonyl (C=O) groups excluding carboxylic acids is 1. The Labute approximate surface area is 145 Å². The summed E-state index contributed by atoms with van der Waals surface area (Å²) in [7, 11) is 0. The second-order valence-corrected chi connectivity index (χ2v) is 7.20. The van der Waals surface area contributed by atoms with Crippen molar-refractivity contribution in [3.05, 3.63) is 40.8 Å². The molecule has 1 aromatic heterocycles. The van der Waals surface area contributed by atoms with Crippen LogP contribution in [0.5, 0.6) is 0 Å². The summed E-state index contributed by atoms with van der Waals surface area (Å²) in [5.74, 6) is -0.180. The van der Waals surface area contributed by atoms with E-state index in [1.165, 1.54) is 10.7 Å². The fourth-order valence-electron chi connectivity index (χ4n) is 3.97. The van der Waals surface area contributed by atoms with Crippen molar-refractivity contribution in [1.82, 2.24) is 9.78 Å². The van der Waals surface area contributed by atoms with Gasteiger partial charge in [0.15, 0.2) is 0 Å². The molecule has 0 radical (unpaired) electrons. The van der Waals surface area contributed by atoms with Gasteiger partial charge in [-0.25, -0.2) is 4.39 Å². The lowest BCUT2D eigenvalue weighted by atomic mass is 9.75. The molecule has 5 N–H and O–H groups in total. The summed E-state index contributed by atoms with van der Waals surface area (Å²) in [4.78, 5) is 13.4. The fraction of sp³-hybridized carbons (Fsp3) is 0.444. The molecule has 25 heavy (non-hydrogen) atoms. The number of nitrogen functional groups attached to an aromatic ring is 1. The quantitative estimate of drug-likeness (QED) is 0.734. The second kappa shape index (κ2) is 5.56. The second-order valence-electron chi connectivity index (χ2n) is 7.20. The van der Waals surface area contributed by atoms with Crippen LogP contribution in [0, 0.1) is 5.82 Å². The number of hydrogen-bond donors (Lipinski definition) is 3. The first-order valence-corrected chi connectivity index (χ1v) is 8.61. The first kappa shape index (κ1) is 16.1. The molecular formula is C18H22FN5O. The van der Waals surface area contributed by atoms with Crippen molar-refractivity contribution in [3.63, 3.8) is 0 Å². The Bertz CT molecular complexity index is 861. The van der Waals surface area contributed by atoms with Crippen molar-refractivity contribution in [2.24, 2.45) is 5.73 Å². The number of hydrogen-bond acceptors (Lipinski definition) is 5. The number of rotatable bonds is 1. The van der Waals surface area contributed by atoms with Crippen molar-refractivity contribution < 1.29 is 9.18 Å². The maximum absolute atomic E-state index is 14.2. The largest absolute Gasteiger partial charge is 0.383 e. The summed E-state index contributed by atoms with van der Waals surface area (Å²) in [6.07, 6.45) is 2.75. The van der Waals surface area contributed by atoms with Gasteiger partial charge >= 0.3 is 0 Å². The molecule has 2 aliphatic rings. The van der Waals surface area contributed by atoms with Crippen molar-refractivity contribution in [1.29, 1.82) is 0 Å².